The van der Waals surface area contributed by atoms with Crippen LogP contribution in [-0.4, -0.2) is 25.8 Å². The van der Waals surface area contributed by atoms with E-state index in [-0.39, 0.29) is 11.4 Å². The SMILES string of the molecule is Cc1cc(C(=O)O)ccc1-n1cnnc1-c1ccc(F)cc1. The van der Waals surface area contributed by atoms with Gasteiger partial charge in [0.05, 0.1) is 11.3 Å². The number of halogens is 1. The van der Waals surface area contributed by atoms with Gasteiger partial charge in [-0.25, -0.2) is 9.18 Å². The van der Waals surface area contributed by atoms with E-state index >= 15 is 0 Å². The van der Waals surface area contributed by atoms with E-state index in [1.54, 1.807) is 35.2 Å². The van der Waals surface area contributed by atoms with Gasteiger partial charge in [0.25, 0.3) is 0 Å². The fourth-order valence-electron chi connectivity index (χ4n) is 2.27. The molecule has 2 aromatic carbocycles. The number of carbonyl (C=O) groups is 1. The zero-order valence-electron chi connectivity index (χ0n) is 11.7. The Bertz CT molecular complexity index is 841. The molecule has 1 N–H and O–H groups in total. The van der Waals surface area contributed by atoms with E-state index in [1.165, 1.54) is 18.2 Å². The topological polar surface area (TPSA) is 68.0 Å². The Kier molecular flexibility index (Phi) is 3.42. The highest BCUT2D eigenvalue weighted by molar-refractivity contribution is 5.88. The zero-order valence-corrected chi connectivity index (χ0v) is 11.7. The molecule has 0 saturated carbocycles. The van der Waals surface area contributed by atoms with Gasteiger partial charge in [-0.2, -0.15) is 0 Å². The maximum Gasteiger partial charge on any atom is 0.335 e. The quantitative estimate of drug-likeness (QED) is 0.806. The number of rotatable bonds is 3. The van der Waals surface area contributed by atoms with Crippen molar-refractivity contribution in [2.75, 3.05) is 0 Å². The molecule has 0 bridgehead atoms. The van der Waals surface area contributed by atoms with Crippen LogP contribution in [0.3, 0.4) is 0 Å². The highest BCUT2D eigenvalue weighted by Gasteiger charge is 2.12. The van der Waals surface area contributed by atoms with Crippen molar-refractivity contribution in [3.8, 4) is 17.1 Å². The number of hydrogen-bond donors (Lipinski definition) is 1. The molecule has 0 saturated heterocycles. The number of benzene rings is 2. The van der Waals surface area contributed by atoms with Gasteiger partial charge in [-0.3, -0.25) is 4.57 Å². The molecule has 1 aromatic heterocycles. The van der Waals surface area contributed by atoms with Crippen molar-refractivity contribution >= 4 is 5.97 Å². The third-order valence-corrected chi connectivity index (χ3v) is 3.35. The largest absolute Gasteiger partial charge is 0.478 e. The Balaban J connectivity index is 2.09. The maximum atomic E-state index is 13.0. The average molecular weight is 297 g/mol. The summed E-state index contributed by atoms with van der Waals surface area (Å²) in [6, 6.07) is 10.8. The van der Waals surface area contributed by atoms with Gasteiger partial charge >= 0.3 is 5.97 Å². The minimum absolute atomic E-state index is 0.220. The molecule has 0 fully saturated rings. The van der Waals surface area contributed by atoms with E-state index in [1.807, 2.05) is 6.92 Å². The molecule has 22 heavy (non-hydrogen) atoms. The average Bonchev–Trinajstić information content (AvgIpc) is 2.97. The molecule has 1 heterocycles. The van der Waals surface area contributed by atoms with Crippen LogP contribution in [0.5, 0.6) is 0 Å². The minimum atomic E-state index is -0.975. The lowest BCUT2D eigenvalue weighted by molar-refractivity contribution is 0.0697. The summed E-state index contributed by atoms with van der Waals surface area (Å²) in [5.74, 6) is -0.736. The van der Waals surface area contributed by atoms with Crippen molar-refractivity contribution in [2.45, 2.75) is 6.92 Å². The number of hydrogen-bond acceptors (Lipinski definition) is 3. The normalized spacial score (nSPS) is 10.6. The van der Waals surface area contributed by atoms with Crippen LogP contribution in [0.25, 0.3) is 17.1 Å². The highest BCUT2D eigenvalue weighted by Crippen LogP contribution is 2.23. The molecule has 0 atom stereocenters. The number of nitrogens with zero attached hydrogens (tertiary/aromatic N) is 3. The van der Waals surface area contributed by atoms with Gasteiger partial charge in [0.2, 0.25) is 0 Å². The van der Waals surface area contributed by atoms with Crippen molar-refractivity contribution in [3.63, 3.8) is 0 Å². The van der Waals surface area contributed by atoms with Gasteiger partial charge in [0.1, 0.15) is 12.1 Å². The first kappa shape index (κ1) is 13.9. The molecular formula is C16H12FN3O2. The lowest BCUT2D eigenvalue weighted by atomic mass is 10.1. The third-order valence-electron chi connectivity index (χ3n) is 3.35. The molecule has 0 amide bonds. The second-order valence-electron chi connectivity index (χ2n) is 4.84. The van der Waals surface area contributed by atoms with Crippen molar-refractivity contribution in [3.05, 3.63) is 65.7 Å². The standard InChI is InChI=1S/C16H12FN3O2/c1-10-8-12(16(21)22)4-7-14(10)20-9-18-19-15(20)11-2-5-13(17)6-3-11/h2-9H,1H3,(H,21,22). The van der Waals surface area contributed by atoms with Crippen molar-refractivity contribution < 1.29 is 14.3 Å². The first-order chi connectivity index (χ1) is 10.6. The maximum absolute atomic E-state index is 13.0. The predicted octanol–water partition coefficient (Wildman–Crippen LogP) is 3.08. The van der Waals surface area contributed by atoms with Crippen LogP contribution in [0, 0.1) is 12.7 Å². The first-order valence-electron chi connectivity index (χ1n) is 6.56. The smallest absolute Gasteiger partial charge is 0.335 e. The molecule has 3 aromatic rings. The summed E-state index contributed by atoms with van der Waals surface area (Å²) in [5, 5.41) is 17.0. The van der Waals surface area contributed by atoms with E-state index in [4.69, 9.17) is 5.11 Å². The monoisotopic (exact) mass is 297 g/mol. The molecule has 3 rings (SSSR count). The summed E-state index contributed by atoms with van der Waals surface area (Å²) in [5.41, 5.74) is 2.50. The summed E-state index contributed by atoms with van der Waals surface area (Å²) in [7, 11) is 0. The molecule has 0 radical (unpaired) electrons. The molecule has 0 spiro atoms. The fraction of sp³-hybridized carbons (Fsp3) is 0.0625. The number of carboxylic acid groups (broad SMARTS) is 1. The molecule has 0 aliphatic carbocycles. The Morgan fingerprint density at radius 3 is 2.55 bits per heavy atom. The van der Waals surface area contributed by atoms with E-state index in [0.29, 0.717) is 5.82 Å². The van der Waals surface area contributed by atoms with Crippen molar-refractivity contribution in [2.24, 2.45) is 0 Å². The summed E-state index contributed by atoms with van der Waals surface area (Å²) < 4.78 is 14.8. The number of aromatic carboxylic acids is 1. The molecule has 0 aliphatic rings. The summed E-state index contributed by atoms with van der Waals surface area (Å²) >= 11 is 0. The van der Waals surface area contributed by atoms with Crippen LogP contribution in [0.4, 0.5) is 4.39 Å². The van der Waals surface area contributed by atoms with Crippen LogP contribution in [-0.2, 0) is 0 Å². The molecule has 5 nitrogen and oxygen atoms in total. The lowest BCUT2D eigenvalue weighted by Crippen LogP contribution is -2.02. The van der Waals surface area contributed by atoms with Gasteiger partial charge in [-0.1, -0.05) is 0 Å². The predicted molar refractivity (Wildman–Crippen MR) is 78.4 cm³/mol. The summed E-state index contributed by atoms with van der Waals surface area (Å²) in [4.78, 5) is 11.0. The van der Waals surface area contributed by atoms with Crippen LogP contribution in [0.1, 0.15) is 15.9 Å². The Morgan fingerprint density at radius 2 is 1.91 bits per heavy atom. The summed E-state index contributed by atoms with van der Waals surface area (Å²) in [6.07, 6.45) is 1.54. The second kappa shape index (κ2) is 5.40. The van der Waals surface area contributed by atoms with Gasteiger partial charge in [-0.15, -0.1) is 10.2 Å². The van der Waals surface area contributed by atoms with Crippen LogP contribution in [0.15, 0.2) is 48.8 Å². The zero-order chi connectivity index (χ0) is 15.7. The molecule has 0 aliphatic heterocycles. The number of aryl methyl sites for hydroxylation is 1. The highest BCUT2D eigenvalue weighted by atomic mass is 19.1. The van der Waals surface area contributed by atoms with E-state index in [0.717, 1.165) is 16.8 Å². The minimum Gasteiger partial charge on any atom is -0.478 e. The van der Waals surface area contributed by atoms with Crippen molar-refractivity contribution in [1.29, 1.82) is 0 Å². The Hall–Kier alpha value is -3.02. The summed E-state index contributed by atoms with van der Waals surface area (Å²) in [6.45, 7) is 1.82. The van der Waals surface area contributed by atoms with E-state index in [2.05, 4.69) is 10.2 Å². The lowest BCUT2D eigenvalue weighted by Gasteiger charge is -2.10. The Labute approximate surface area is 125 Å². The van der Waals surface area contributed by atoms with Crippen LogP contribution >= 0.6 is 0 Å². The van der Waals surface area contributed by atoms with Crippen LogP contribution in [0.2, 0.25) is 0 Å². The molecule has 0 unspecified atom stereocenters. The van der Waals surface area contributed by atoms with E-state index < -0.39 is 5.97 Å². The fourth-order valence-corrected chi connectivity index (χ4v) is 2.27. The Morgan fingerprint density at radius 1 is 1.18 bits per heavy atom. The van der Waals surface area contributed by atoms with Gasteiger partial charge in [-0.05, 0) is 55.0 Å². The van der Waals surface area contributed by atoms with Gasteiger partial charge in [0, 0.05) is 5.56 Å². The van der Waals surface area contributed by atoms with Crippen molar-refractivity contribution in [1.82, 2.24) is 14.8 Å². The molecular weight excluding hydrogens is 285 g/mol. The molecule has 110 valence electrons. The van der Waals surface area contributed by atoms with Gasteiger partial charge < -0.3 is 5.11 Å². The first-order valence-corrected chi connectivity index (χ1v) is 6.56. The number of aromatic nitrogens is 3. The van der Waals surface area contributed by atoms with E-state index in [9.17, 15) is 9.18 Å². The van der Waals surface area contributed by atoms with Crippen LogP contribution < -0.4 is 0 Å². The van der Waals surface area contributed by atoms with Gasteiger partial charge in [0.15, 0.2) is 5.82 Å². The number of carboxylic acids is 1. The third kappa shape index (κ3) is 2.46. The molecule has 6 heteroatoms. The second-order valence-corrected chi connectivity index (χ2v) is 4.84.